The molecule has 4 rings (SSSR count). The van der Waals surface area contributed by atoms with Crippen molar-refractivity contribution >= 4 is 12.0 Å². The first kappa shape index (κ1) is 23.2. The Morgan fingerprint density at radius 1 is 1.24 bits per heavy atom. The number of carbonyl (C=O) groups is 1. The van der Waals surface area contributed by atoms with E-state index in [-0.39, 0.29) is 12.5 Å². The van der Waals surface area contributed by atoms with Gasteiger partial charge in [0, 0.05) is 18.5 Å². The summed E-state index contributed by atoms with van der Waals surface area (Å²) in [6, 6.07) is 17.1. The standard InChI is InChI=1S/C25H25N5O4/c26-15-20-3-1-2-4-21(20)16-30-13-11-19(12-14-30)25-27-24(34-29-25)17-33-22-8-5-18(6-9-22)7-10-23(31)28-32/h1-10,19,32H,11-14,16-17H2,(H,28,31)/b10-7+. The molecule has 174 valence electrons. The van der Waals surface area contributed by atoms with Crippen LogP contribution in [0.2, 0.25) is 0 Å². The Morgan fingerprint density at radius 3 is 2.74 bits per heavy atom. The summed E-state index contributed by atoms with van der Waals surface area (Å²) in [5.41, 5.74) is 4.12. The highest BCUT2D eigenvalue weighted by Gasteiger charge is 2.25. The Kier molecular flexibility index (Phi) is 7.65. The summed E-state index contributed by atoms with van der Waals surface area (Å²) in [6.45, 7) is 2.75. The number of aromatic nitrogens is 2. The van der Waals surface area contributed by atoms with Crippen LogP contribution < -0.4 is 10.2 Å². The maximum atomic E-state index is 11.0. The van der Waals surface area contributed by atoms with Crippen LogP contribution in [0.15, 0.2) is 59.1 Å². The molecule has 1 aromatic heterocycles. The van der Waals surface area contributed by atoms with E-state index in [1.54, 1.807) is 30.3 Å². The summed E-state index contributed by atoms with van der Waals surface area (Å²) in [6.07, 6.45) is 4.66. The minimum Gasteiger partial charge on any atom is -0.484 e. The second-order valence-corrected chi connectivity index (χ2v) is 8.03. The van der Waals surface area contributed by atoms with Gasteiger partial charge in [0.25, 0.3) is 11.8 Å². The SMILES string of the molecule is N#Cc1ccccc1CN1CCC(c2noc(COc3ccc(/C=C/C(=O)NO)cc3)n2)CC1. The lowest BCUT2D eigenvalue weighted by molar-refractivity contribution is -0.124. The molecule has 0 bridgehead atoms. The molecule has 2 N–H and O–H groups in total. The third kappa shape index (κ3) is 6.07. The van der Waals surface area contributed by atoms with E-state index < -0.39 is 5.91 Å². The predicted molar refractivity (Wildman–Crippen MR) is 122 cm³/mol. The molecule has 1 amide bonds. The molecular weight excluding hydrogens is 434 g/mol. The lowest BCUT2D eigenvalue weighted by atomic mass is 9.95. The Morgan fingerprint density at radius 2 is 2.00 bits per heavy atom. The van der Waals surface area contributed by atoms with Gasteiger partial charge in [-0.05, 0) is 61.3 Å². The van der Waals surface area contributed by atoms with Gasteiger partial charge in [-0.3, -0.25) is 14.9 Å². The van der Waals surface area contributed by atoms with Gasteiger partial charge in [-0.2, -0.15) is 10.2 Å². The molecule has 1 aliphatic heterocycles. The van der Waals surface area contributed by atoms with Crippen LogP contribution in [0.1, 0.15) is 47.2 Å². The fourth-order valence-electron chi connectivity index (χ4n) is 3.88. The maximum Gasteiger partial charge on any atom is 0.267 e. The molecule has 9 heteroatoms. The molecule has 34 heavy (non-hydrogen) atoms. The summed E-state index contributed by atoms with van der Waals surface area (Å²) in [5, 5.41) is 21.9. The van der Waals surface area contributed by atoms with Crippen molar-refractivity contribution in [2.24, 2.45) is 0 Å². The summed E-state index contributed by atoms with van der Waals surface area (Å²) >= 11 is 0. The Labute approximate surface area is 197 Å². The largest absolute Gasteiger partial charge is 0.484 e. The van der Waals surface area contributed by atoms with E-state index in [2.05, 4.69) is 21.1 Å². The van der Waals surface area contributed by atoms with Crippen molar-refractivity contribution in [1.82, 2.24) is 20.5 Å². The Bertz CT molecular complexity index is 1170. The summed E-state index contributed by atoms with van der Waals surface area (Å²) in [4.78, 5) is 17.9. The highest BCUT2D eigenvalue weighted by Crippen LogP contribution is 2.27. The fraction of sp³-hybridized carbons (Fsp3) is 0.280. The zero-order valence-corrected chi connectivity index (χ0v) is 18.6. The molecule has 1 fully saturated rings. The monoisotopic (exact) mass is 459 g/mol. The van der Waals surface area contributed by atoms with Crippen LogP contribution in [-0.4, -0.2) is 39.2 Å². The highest BCUT2D eigenvalue weighted by atomic mass is 16.5. The summed E-state index contributed by atoms with van der Waals surface area (Å²) < 4.78 is 11.1. The first-order valence-corrected chi connectivity index (χ1v) is 11.0. The van der Waals surface area contributed by atoms with Gasteiger partial charge in [0.2, 0.25) is 0 Å². The number of piperidine rings is 1. The summed E-state index contributed by atoms with van der Waals surface area (Å²) in [5.74, 6) is 1.40. The molecule has 2 aromatic carbocycles. The van der Waals surface area contributed by atoms with Gasteiger partial charge in [-0.25, -0.2) is 5.48 Å². The van der Waals surface area contributed by atoms with E-state index in [0.717, 1.165) is 49.2 Å². The lowest BCUT2D eigenvalue weighted by Gasteiger charge is -2.30. The number of hydrogen-bond donors (Lipinski definition) is 2. The van der Waals surface area contributed by atoms with E-state index in [1.807, 2.05) is 24.3 Å². The van der Waals surface area contributed by atoms with Gasteiger partial charge >= 0.3 is 0 Å². The molecule has 3 aromatic rings. The first-order valence-electron chi connectivity index (χ1n) is 11.0. The normalized spacial score (nSPS) is 14.7. The van der Waals surface area contributed by atoms with Crippen molar-refractivity contribution < 1.29 is 19.3 Å². The van der Waals surface area contributed by atoms with Crippen molar-refractivity contribution in [3.8, 4) is 11.8 Å². The number of nitriles is 1. The smallest absolute Gasteiger partial charge is 0.267 e. The van der Waals surface area contributed by atoms with E-state index >= 15 is 0 Å². The Hall–Kier alpha value is -4.00. The fourth-order valence-corrected chi connectivity index (χ4v) is 3.88. The van der Waals surface area contributed by atoms with Crippen molar-refractivity contribution in [1.29, 1.82) is 5.26 Å². The van der Waals surface area contributed by atoms with E-state index in [9.17, 15) is 10.1 Å². The number of hydroxylamine groups is 1. The molecule has 0 saturated carbocycles. The average Bonchev–Trinajstić information content (AvgIpc) is 3.36. The number of nitrogens with zero attached hydrogens (tertiary/aromatic N) is 4. The zero-order chi connectivity index (χ0) is 23.8. The van der Waals surface area contributed by atoms with Gasteiger partial charge in [0.15, 0.2) is 12.4 Å². The number of ether oxygens (including phenoxy) is 1. The van der Waals surface area contributed by atoms with Crippen LogP contribution in [-0.2, 0) is 17.9 Å². The molecule has 2 heterocycles. The molecule has 1 saturated heterocycles. The highest BCUT2D eigenvalue weighted by molar-refractivity contribution is 5.90. The first-order chi connectivity index (χ1) is 16.6. The molecule has 0 radical (unpaired) electrons. The quantitative estimate of drug-likeness (QED) is 0.298. The number of amides is 1. The third-order valence-corrected chi connectivity index (χ3v) is 5.75. The minimum absolute atomic E-state index is 0.166. The molecule has 0 aliphatic carbocycles. The van der Waals surface area contributed by atoms with Gasteiger partial charge in [-0.15, -0.1) is 0 Å². The van der Waals surface area contributed by atoms with Gasteiger partial charge in [0.05, 0.1) is 11.6 Å². The molecule has 1 aliphatic rings. The predicted octanol–water partition coefficient (Wildman–Crippen LogP) is 3.42. The van der Waals surface area contributed by atoms with Crippen LogP contribution in [0, 0.1) is 11.3 Å². The number of carbonyl (C=O) groups excluding carboxylic acids is 1. The van der Waals surface area contributed by atoms with E-state index in [1.165, 1.54) is 11.6 Å². The number of nitrogens with one attached hydrogen (secondary N) is 1. The van der Waals surface area contributed by atoms with Crippen molar-refractivity contribution in [2.45, 2.75) is 31.9 Å². The lowest BCUT2D eigenvalue weighted by Crippen LogP contribution is -2.33. The number of rotatable bonds is 8. The van der Waals surface area contributed by atoms with Gasteiger partial charge in [0.1, 0.15) is 5.75 Å². The molecule has 0 spiro atoms. The minimum atomic E-state index is -0.595. The van der Waals surface area contributed by atoms with Gasteiger partial charge < -0.3 is 9.26 Å². The van der Waals surface area contributed by atoms with E-state index in [4.69, 9.17) is 14.5 Å². The molecular formula is C25H25N5O4. The Balaban J connectivity index is 1.25. The van der Waals surface area contributed by atoms with Crippen LogP contribution in [0.3, 0.4) is 0 Å². The van der Waals surface area contributed by atoms with Crippen molar-refractivity contribution in [3.63, 3.8) is 0 Å². The van der Waals surface area contributed by atoms with Crippen molar-refractivity contribution in [2.75, 3.05) is 13.1 Å². The molecule has 0 atom stereocenters. The number of hydrogen-bond acceptors (Lipinski definition) is 8. The van der Waals surface area contributed by atoms with Crippen LogP contribution >= 0.6 is 0 Å². The van der Waals surface area contributed by atoms with Crippen LogP contribution in [0.5, 0.6) is 5.75 Å². The summed E-state index contributed by atoms with van der Waals surface area (Å²) in [7, 11) is 0. The second-order valence-electron chi connectivity index (χ2n) is 8.03. The second kappa shape index (κ2) is 11.2. The zero-order valence-electron chi connectivity index (χ0n) is 18.6. The average molecular weight is 460 g/mol. The molecule has 0 unspecified atom stereocenters. The van der Waals surface area contributed by atoms with Gasteiger partial charge in [-0.1, -0.05) is 35.5 Å². The van der Waals surface area contributed by atoms with E-state index in [0.29, 0.717) is 17.5 Å². The topological polar surface area (TPSA) is 125 Å². The maximum absolute atomic E-state index is 11.0. The van der Waals surface area contributed by atoms with Crippen LogP contribution in [0.4, 0.5) is 0 Å². The third-order valence-electron chi connectivity index (χ3n) is 5.75. The number of benzene rings is 2. The van der Waals surface area contributed by atoms with Crippen molar-refractivity contribution in [3.05, 3.63) is 83.0 Å². The number of likely N-dealkylation sites (tertiary alicyclic amines) is 1. The van der Waals surface area contributed by atoms with Crippen LogP contribution in [0.25, 0.3) is 6.08 Å². The molecule has 9 nitrogen and oxygen atoms in total.